The fourth-order valence-corrected chi connectivity index (χ4v) is 3.67. The molecule has 2 aromatic rings. The Morgan fingerprint density at radius 1 is 0.906 bits per heavy atom. The van der Waals surface area contributed by atoms with Crippen LogP contribution in [0.25, 0.3) is 0 Å². The summed E-state index contributed by atoms with van der Waals surface area (Å²) in [6, 6.07) is 18.4. The molecule has 2 N–H and O–H groups in total. The molecule has 5 amide bonds. The molecule has 1 aliphatic rings. The van der Waals surface area contributed by atoms with E-state index in [1.807, 2.05) is 65.6 Å². The number of hydrogen-bond donors (Lipinski definition) is 2. The lowest BCUT2D eigenvalue weighted by Gasteiger charge is -2.38. The van der Waals surface area contributed by atoms with Crippen molar-refractivity contribution in [1.82, 2.24) is 25.3 Å². The lowest BCUT2D eigenvalue weighted by molar-refractivity contribution is -0.125. The average Bonchev–Trinajstić information content (AvgIpc) is 2.83. The molecule has 8 nitrogen and oxygen atoms in total. The molecule has 0 radical (unpaired) electrons. The summed E-state index contributed by atoms with van der Waals surface area (Å²) in [7, 11) is 1.80. The van der Waals surface area contributed by atoms with Gasteiger partial charge in [-0.15, -0.1) is 0 Å². The van der Waals surface area contributed by atoms with E-state index in [2.05, 4.69) is 10.6 Å². The second kappa shape index (κ2) is 11.3. The van der Waals surface area contributed by atoms with E-state index in [9.17, 15) is 14.4 Å². The first kappa shape index (κ1) is 23.3. The van der Waals surface area contributed by atoms with Crippen molar-refractivity contribution in [3.63, 3.8) is 0 Å². The van der Waals surface area contributed by atoms with Crippen LogP contribution >= 0.6 is 0 Å². The third-order valence-corrected chi connectivity index (χ3v) is 5.63. The number of hydrogen-bond acceptors (Lipinski definition) is 4. The van der Waals surface area contributed by atoms with Crippen molar-refractivity contribution in [3.05, 3.63) is 71.8 Å². The SMILES string of the molecule is C[C@@H](C(=O)NC(=O)NCc1ccccc1)N1CCN(C(=O)N(C)Cc2ccccc2)CC1. The van der Waals surface area contributed by atoms with Crippen LogP contribution < -0.4 is 10.6 Å². The van der Waals surface area contributed by atoms with Gasteiger partial charge in [-0.3, -0.25) is 15.0 Å². The molecular formula is C24H31N5O3. The van der Waals surface area contributed by atoms with Crippen LogP contribution in [-0.2, 0) is 17.9 Å². The van der Waals surface area contributed by atoms with Gasteiger partial charge in [0.2, 0.25) is 5.91 Å². The summed E-state index contributed by atoms with van der Waals surface area (Å²) in [6.07, 6.45) is 0. The molecule has 0 aromatic heterocycles. The molecule has 0 aliphatic carbocycles. The molecule has 8 heteroatoms. The fourth-order valence-electron chi connectivity index (χ4n) is 3.67. The molecule has 2 aromatic carbocycles. The zero-order valence-electron chi connectivity index (χ0n) is 18.7. The number of carbonyl (C=O) groups excluding carboxylic acids is 3. The normalized spacial score (nSPS) is 15.0. The zero-order valence-corrected chi connectivity index (χ0v) is 18.7. The van der Waals surface area contributed by atoms with Gasteiger partial charge in [0.25, 0.3) is 0 Å². The van der Waals surface area contributed by atoms with Crippen molar-refractivity contribution in [2.75, 3.05) is 33.2 Å². The number of urea groups is 2. The average molecular weight is 438 g/mol. The summed E-state index contributed by atoms with van der Waals surface area (Å²) in [5.74, 6) is -0.350. The van der Waals surface area contributed by atoms with Crippen LogP contribution in [0, 0.1) is 0 Å². The number of piperazine rings is 1. The van der Waals surface area contributed by atoms with E-state index in [1.54, 1.807) is 23.8 Å². The van der Waals surface area contributed by atoms with Gasteiger partial charge in [0.05, 0.1) is 6.04 Å². The molecule has 1 heterocycles. The van der Waals surface area contributed by atoms with E-state index in [0.717, 1.165) is 11.1 Å². The number of carbonyl (C=O) groups is 3. The fraction of sp³-hybridized carbons (Fsp3) is 0.375. The van der Waals surface area contributed by atoms with E-state index in [0.29, 0.717) is 39.3 Å². The third-order valence-electron chi connectivity index (χ3n) is 5.63. The molecule has 1 aliphatic heterocycles. The maximum atomic E-state index is 12.7. The van der Waals surface area contributed by atoms with Gasteiger partial charge in [-0.05, 0) is 18.1 Å². The molecule has 0 spiro atoms. The predicted octanol–water partition coefficient (Wildman–Crippen LogP) is 2.27. The van der Waals surface area contributed by atoms with Gasteiger partial charge >= 0.3 is 12.1 Å². The number of amides is 5. The first-order valence-electron chi connectivity index (χ1n) is 10.8. The van der Waals surface area contributed by atoms with Gasteiger partial charge in [-0.1, -0.05) is 60.7 Å². The molecule has 1 saturated heterocycles. The Kier molecular flexibility index (Phi) is 8.21. The highest BCUT2D eigenvalue weighted by molar-refractivity contribution is 5.96. The van der Waals surface area contributed by atoms with Crippen molar-refractivity contribution in [2.24, 2.45) is 0 Å². The molecule has 1 fully saturated rings. The predicted molar refractivity (Wildman–Crippen MR) is 123 cm³/mol. The lowest BCUT2D eigenvalue weighted by Crippen LogP contribution is -2.57. The topological polar surface area (TPSA) is 85.0 Å². The Bertz CT molecular complexity index is 898. The van der Waals surface area contributed by atoms with Gasteiger partial charge in [0.15, 0.2) is 0 Å². The molecular weight excluding hydrogens is 406 g/mol. The number of nitrogens with zero attached hydrogens (tertiary/aromatic N) is 3. The molecule has 32 heavy (non-hydrogen) atoms. The maximum absolute atomic E-state index is 12.7. The molecule has 3 rings (SSSR count). The van der Waals surface area contributed by atoms with Gasteiger partial charge in [0, 0.05) is 46.3 Å². The highest BCUT2D eigenvalue weighted by Gasteiger charge is 2.29. The van der Waals surface area contributed by atoms with Crippen molar-refractivity contribution in [3.8, 4) is 0 Å². The Morgan fingerprint density at radius 2 is 1.47 bits per heavy atom. The molecule has 0 bridgehead atoms. The Hall–Kier alpha value is -3.39. The summed E-state index contributed by atoms with van der Waals surface area (Å²) in [5, 5.41) is 5.10. The monoisotopic (exact) mass is 437 g/mol. The summed E-state index contributed by atoms with van der Waals surface area (Å²) >= 11 is 0. The third kappa shape index (κ3) is 6.55. The van der Waals surface area contributed by atoms with Crippen LogP contribution in [0.5, 0.6) is 0 Å². The second-order valence-corrected chi connectivity index (χ2v) is 7.98. The van der Waals surface area contributed by atoms with Crippen molar-refractivity contribution >= 4 is 18.0 Å². The van der Waals surface area contributed by atoms with E-state index in [1.165, 1.54) is 0 Å². The minimum Gasteiger partial charge on any atom is -0.334 e. The quantitative estimate of drug-likeness (QED) is 0.726. The lowest BCUT2D eigenvalue weighted by atomic mass is 10.2. The highest BCUT2D eigenvalue weighted by Crippen LogP contribution is 2.11. The Labute approximate surface area is 189 Å². The van der Waals surface area contributed by atoms with Crippen LogP contribution in [0.4, 0.5) is 9.59 Å². The number of imide groups is 1. The smallest absolute Gasteiger partial charge is 0.321 e. The molecule has 0 saturated carbocycles. The number of nitrogens with one attached hydrogen (secondary N) is 2. The van der Waals surface area contributed by atoms with Gasteiger partial charge in [0.1, 0.15) is 0 Å². The minimum atomic E-state index is -0.512. The molecule has 170 valence electrons. The van der Waals surface area contributed by atoms with E-state index >= 15 is 0 Å². The Morgan fingerprint density at radius 3 is 2.06 bits per heavy atom. The van der Waals surface area contributed by atoms with Crippen molar-refractivity contribution in [1.29, 1.82) is 0 Å². The molecule has 0 unspecified atom stereocenters. The number of rotatable bonds is 6. The second-order valence-electron chi connectivity index (χ2n) is 7.98. The van der Waals surface area contributed by atoms with Crippen LogP contribution in [0.1, 0.15) is 18.1 Å². The van der Waals surface area contributed by atoms with E-state index in [-0.39, 0.29) is 11.9 Å². The van der Waals surface area contributed by atoms with Gasteiger partial charge < -0.3 is 15.1 Å². The van der Waals surface area contributed by atoms with Crippen molar-refractivity contribution < 1.29 is 14.4 Å². The largest absolute Gasteiger partial charge is 0.334 e. The highest BCUT2D eigenvalue weighted by atomic mass is 16.2. The van der Waals surface area contributed by atoms with E-state index in [4.69, 9.17) is 0 Å². The maximum Gasteiger partial charge on any atom is 0.321 e. The van der Waals surface area contributed by atoms with Crippen LogP contribution in [0.3, 0.4) is 0 Å². The van der Waals surface area contributed by atoms with Gasteiger partial charge in [-0.2, -0.15) is 0 Å². The Balaban J connectivity index is 1.41. The summed E-state index contributed by atoms with van der Waals surface area (Å²) < 4.78 is 0. The standard InChI is InChI=1S/C24H31N5O3/c1-19(22(30)26-23(31)25-17-20-9-5-3-6-10-20)28-13-15-29(16-14-28)24(32)27(2)18-21-11-7-4-8-12-21/h3-12,19H,13-18H2,1-2H3,(H2,25,26,30,31)/t19-/m0/s1. The summed E-state index contributed by atoms with van der Waals surface area (Å²) in [6.45, 7) is 4.91. The van der Waals surface area contributed by atoms with Crippen LogP contribution in [0.15, 0.2) is 60.7 Å². The first-order chi connectivity index (χ1) is 15.4. The summed E-state index contributed by atoms with van der Waals surface area (Å²) in [4.78, 5) is 42.8. The van der Waals surface area contributed by atoms with E-state index < -0.39 is 12.1 Å². The number of benzene rings is 2. The van der Waals surface area contributed by atoms with Crippen LogP contribution in [0.2, 0.25) is 0 Å². The van der Waals surface area contributed by atoms with Crippen molar-refractivity contribution in [2.45, 2.75) is 26.1 Å². The first-order valence-corrected chi connectivity index (χ1v) is 10.8. The summed E-state index contributed by atoms with van der Waals surface area (Å²) in [5.41, 5.74) is 2.04. The zero-order chi connectivity index (χ0) is 22.9. The van der Waals surface area contributed by atoms with Gasteiger partial charge in [-0.25, -0.2) is 9.59 Å². The molecule has 1 atom stereocenters. The minimum absolute atomic E-state index is 0.0223. The van der Waals surface area contributed by atoms with Crippen LogP contribution in [-0.4, -0.2) is 71.9 Å².